The molecular formula is C11H17ClN2O3. The lowest BCUT2D eigenvalue weighted by atomic mass is 10.0. The second-order valence-corrected chi connectivity index (χ2v) is 3.50. The highest BCUT2D eigenvalue weighted by Gasteiger charge is 2.10. The van der Waals surface area contributed by atoms with Crippen molar-refractivity contribution in [3.05, 3.63) is 23.8 Å². The number of carbonyl (C=O) groups is 1. The maximum Gasteiger partial charge on any atom is 0.308 e. The molecule has 0 aliphatic carbocycles. The average molecular weight is 261 g/mol. The Morgan fingerprint density at radius 1 is 1.53 bits per heavy atom. The van der Waals surface area contributed by atoms with Gasteiger partial charge in [0.15, 0.2) is 11.5 Å². The maximum atomic E-state index is 10.7. The fourth-order valence-electron chi connectivity index (χ4n) is 1.35. The van der Waals surface area contributed by atoms with E-state index in [0.717, 1.165) is 5.56 Å². The third-order valence-electron chi connectivity index (χ3n) is 2.14. The number of nitrogens with two attached hydrogens (primary N) is 2. The minimum atomic E-state index is -0.477. The van der Waals surface area contributed by atoms with Gasteiger partial charge in [0, 0.05) is 13.0 Å². The summed E-state index contributed by atoms with van der Waals surface area (Å²) in [6, 6.07) is 4.49. The first-order chi connectivity index (χ1) is 7.54. The van der Waals surface area contributed by atoms with Crippen LogP contribution < -0.4 is 16.2 Å². The van der Waals surface area contributed by atoms with Crippen molar-refractivity contribution in [1.29, 1.82) is 0 Å². The highest BCUT2D eigenvalue weighted by molar-refractivity contribution is 5.85. The minimum absolute atomic E-state index is 0. The molecule has 1 aromatic carbocycles. The number of esters is 1. The predicted molar refractivity (Wildman–Crippen MR) is 67.3 cm³/mol. The summed E-state index contributed by atoms with van der Waals surface area (Å²) in [5.41, 5.74) is 12.0. The number of rotatable bonds is 4. The number of phenols is 1. The van der Waals surface area contributed by atoms with E-state index in [-0.39, 0.29) is 29.9 Å². The zero-order valence-electron chi connectivity index (χ0n) is 9.55. The SMILES string of the molecule is CC(=O)Oc1ccc([C@@H](N)CCN)cc1O.Cl. The highest BCUT2D eigenvalue weighted by Crippen LogP contribution is 2.29. The first kappa shape index (κ1) is 15.7. The molecule has 0 amide bonds. The van der Waals surface area contributed by atoms with Gasteiger partial charge < -0.3 is 21.3 Å². The summed E-state index contributed by atoms with van der Waals surface area (Å²) >= 11 is 0. The zero-order valence-corrected chi connectivity index (χ0v) is 10.4. The van der Waals surface area contributed by atoms with Crippen molar-refractivity contribution >= 4 is 18.4 Å². The molecule has 0 spiro atoms. The summed E-state index contributed by atoms with van der Waals surface area (Å²) in [7, 11) is 0. The largest absolute Gasteiger partial charge is 0.504 e. The van der Waals surface area contributed by atoms with Gasteiger partial charge in [-0.05, 0) is 30.7 Å². The van der Waals surface area contributed by atoms with Crippen LogP contribution in [-0.2, 0) is 4.79 Å². The molecule has 0 saturated carbocycles. The number of aromatic hydroxyl groups is 1. The number of phenolic OH excluding ortho intramolecular Hbond substituents is 1. The Labute approximate surface area is 106 Å². The van der Waals surface area contributed by atoms with Crippen LogP contribution in [-0.4, -0.2) is 17.6 Å². The summed E-state index contributed by atoms with van der Waals surface area (Å²) in [5, 5.41) is 9.59. The number of hydrogen-bond acceptors (Lipinski definition) is 5. The highest BCUT2D eigenvalue weighted by atomic mass is 35.5. The standard InChI is InChI=1S/C11H16N2O3.ClH/c1-7(14)16-11-3-2-8(6-10(11)15)9(13)4-5-12;/h2-3,6,9,15H,4-5,12-13H2,1H3;1H/t9-;/m0./s1. The van der Waals surface area contributed by atoms with E-state index in [4.69, 9.17) is 16.2 Å². The van der Waals surface area contributed by atoms with Crippen molar-refractivity contribution in [1.82, 2.24) is 0 Å². The van der Waals surface area contributed by atoms with E-state index >= 15 is 0 Å². The fourth-order valence-corrected chi connectivity index (χ4v) is 1.35. The molecule has 17 heavy (non-hydrogen) atoms. The van der Waals surface area contributed by atoms with Crippen LogP contribution in [0.1, 0.15) is 24.9 Å². The molecule has 5 nitrogen and oxygen atoms in total. The number of hydrogen-bond donors (Lipinski definition) is 3. The molecule has 0 saturated heterocycles. The topological polar surface area (TPSA) is 98.6 Å². The Bertz CT molecular complexity index is 385. The van der Waals surface area contributed by atoms with Crippen molar-refractivity contribution in [2.24, 2.45) is 11.5 Å². The summed E-state index contributed by atoms with van der Waals surface area (Å²) in [4.78, 5) is 10.7. The Kier molecular flexibility index (Phi) is 6.57. The Morgan fingerprint density at radius 2 is 2.18 bits per heavy atom. The van der Waals surface area contributed by atoms with Gasteiger partial charge in [0.2, 0.25) is 0 Å². The van der Waals surface area contributed by atoms with Gasteiger partial charge in [-0.15, -0.1) is 12.4 Å². The van der Waals surface area contributed by atoms with Crippen molar-refractivity contribution in [2.45, 2.75) is 19.4 Å². The molecular weight excluding hydrogens is 244 g/mol. The molecule has 6 heteroatoms. The van der Waals surface area contributed by atoms with E-state index in [1.54, 1.807) is 6.07 Å². The average Bonchev–Trinajstić information content (AvgIpc) is 2.20. The second kappa shape index (κ2) is 7.11. The quantitative estimate of drug-likeness (QED) is 0.556. The molecule has 0 unspecified atom stereocenters. The van der Waals surface area contributed by atoms with Crippen molar-refractivity contribution < 1.29 is 14.6 Å². The van der Waals surface area contributed by atoms with Gasteiger partial charge in [-0.3, -0.25) is 4.79 Å². The van der Waals surface area contributed by atoms with E-state index in [1.807, 2.05) is 0 Å². The predicted octanol–water partition coefficient (Wildman–Crippen LogP) is 1.09. The minimum Gasteiger partial charge on any atom is -0.504 e. The summed E-state index contributed by atoms with van der Waals surface area (Å²) in [6.07, 6.45) is 0.631. The van der Waals surface area contributed by atoms with E-state index in [1.165, 1.54) is 19.1 Å². The van der Waals surface area contributed by atoms with Gasteiger partial charge in [-0.25, -0.2) is 0 Å². The van der Waals surface area contributed by atoms with Crippen LogP contribution in [0.25, 0.3) is 0 Å². The molecule has 0 fully saturated rings. The Hall–Kier alpha value is -1.30. The van der Waals surface area contributed by atoms with Crippen LogP contribution in [0, 0.1) is 0 Å². The van der Waals surface area contributed by atoms with Gasteiger partial charge in [0.1, 0.15) is 0 Å². The van der Waals surface area contributed by atoms with Gasteiger partial charge >= 0.3 is 5.97 Å². The van der Waals surface area contributed by atoms with E-state index in [0.29, 0.717) is 13.0 Å². The normalized spacial score (nSPS) is 11.5. The molecule has 0 aliphatic rings. The fraction of sp³-hybridized carbons (Fsp3) is 0.364. The lowest BCUT2D eigenvalue weighted by molar-refractivity contribution is -0.132. The summed E-state index contributed by atoms with van der Waals surface area (Å²) in [6.45, 7) is 1.75. The molecule has 5 N–H and O–H groups in total. The number of benzene rings is 1. The van der Waals surface area contributed by atoms with Crippen LogP contribution in [0.3, 0.4) is 0 Å². The molecule has 0 aliphatic heterocycles. The summed E-state index contributed by atoms with van der Waals surface area (Å²) in [5.74, 6) is -0.439. The lowest BCUT2D eigenvalue weighted by Gasteiger charge is -2.12. The molecule has 0 radical (unpaired) electrons. The van der Waals surface area contributed by atoms with Crippen LogP contribution in [0.2, 0.25) is 0 Å². The van der Waals surface area contributed by atoms with Gasteiger partial charge in [0.05, 0.1) is 0 Å². The third-order valence-corrected chi connectivity index (χ3v) is 2.14. The number of halogens is 1. The van der Waals surface area contributed by atoms with Gasteiger partial charge in [0.25, 0.3) is 0 Å². The molecule has 0 bridgehead atoms. The Morgan fingerprint density at radius 3 is 2.65 bits per heavy atom. The molecule has 1 rings (SSSR count). The van der Waals surface area contributed by atoms with Crippen LogP contribution >= 0.6 is 12.4 Å². The molecule has 1 aromatic rings. The zero-order chi connectivity index (χ0) is 12.1. The smallest absolute Gasteiger partial charge is 0.308 e. The molecule has 1 atom stereocenters. The maximum absolute atomic E-state index is 10.7. The van der Waals surface area contributed by atoms with Crippen molar-refractivity contribution in [3.63, 3.8) is 0 Å². The van der Waals surface area contributed by atoms with Gasteiger partial charge in [-0.2, -0.15) is 0 Å². The monoisotopic (exact) mass is 260 g/mol. The summed E-state index contributed by atoms with van der Waals surface area (Å²) < 4.78 is 4.79. The lowest BCUT2D eigenvalue weighted by Crippen LogP contribution is -2.15. The molecule has 96 valence electrons. The van der Waals surface area contributed by atoms with Gasteiger partial charge in [-0.1, -0.05) is 6.07 Å². The first-order valence-electron chi connectivity index (χ1n) is 5.01. The first-order valence-corrected chi connectivity index (χ1v) is 5.01. The Balaban J connectivity index is 0.00000256. The number of ether oxygens (including phenoxy) is 1. The molecule has 0 heterocycles. The van der Waals surface area contributed by atoms with E-state index in [9.17, 15) is 9.90 Å². The second-order valence-electron chi connectivity index (χ2n) is 3.50. The number of carbonyl (C=O) groups excluding carboxylic acids is 1. The third kappa shape index (κ3) is 4.60. The van der Waals surface area contributed by atoms with Crippen molar-refractivity contribution in [3.8, 4) is 11.5 Å². The van der Waals surface area contributed by atoms with Crippen LogP contribution in [0.15, 0.2) is 18.2 Å². The van der Waals surface area contributed by atoms with E-state index in [2.05, 4.69) is 0 Å². The van der Waals surface area contributed by atoms with Crippen LogP contribution in [0.5, 0.6) is 11.5 Å². The van der Waals surface area contributed by atoms with Crippen molar-refractivity contribution in [2.75, 3.05) is 6.54 Å². The van der Waals surface area contributed by atoms with Crippen LogP contribution in [0.4, 0.5) is 0 Å². The molecule has 0 aromatic heterocycles. The van der Waals surface area contributed by atoms with E-state index < -0.39 is 5.97 Å².